The lowest BCUT2D eigenvalue weighted by Gasteiger charge is -2.22. The van der Waals surface area contributed by atoms with E-state index in [1.54, 1.807) is 6.07 Å². The number of carbonyl (C=O) groups excluding carboxylic acids is 1. The predicted octanol–water partition coefficient (Wildman–Crippen LogP) is 3.39. The van der Waals surface area contributed by atoms with Crippen molar-refractivity contribution in [3.8, 4) is 11.1 Å². The number of ketones is 1. The summed E-state index contributed by atoms with van der Waals surface area (Å²) < 4.78 is 0.713. The van der Waals surface area contributed by atoms with Crippen LogP contribution in [0.5, 0.6) is 0 Å². The van der Waals surface area contributed by atoms with Crippen molar-refractivity contribution in [1.82, 2.24) is 4.98 Å². The highest BCUT2D eigenvalue weighted by Gasteiger charge is 2.30. The van der Waals surface area contributed by atoms with Crippen LogP contribution in [0.25, 0.3) is 22.0 Å². The third-order valence-corrected chi connectivity index (χ3v) is 4.77. The van der Waals surface area contributed by atoms with Crippen molar-refractivity contribution >= 4 is 38.3 Å². The summed E-state index contributed by atoms with van der Waals surface area (Å²) in [5, 5.41) is 0.715. The largest absolute Gasteiger partial charge is 0.394 e. The minimum Gasteiger partial charge on any atom is -0.394 e. The topological polar surface area (TPSA) is 76.0 Å². The van der Waals surface area contributed by atoms with Crippen LogP contribution in [0, 0.1) is 6.92 Å². The second kappa shape index (κ2) is 4.30. The lowest BCUT2D eigenvalue weighted by Crippen LogP contribution is -2.19. The molecule has 0 unspecified atom stereocenters. The van der Waals surface area contributed by atoms with Gasteiger partial charge in [0.05, 0.1) is 5.52 Å². The Balaban J connectivity index is 2.39. The molecule has 0 fully saturated rings. The van der Waals surface area contributed by atoms with Gasteiger partial charge in [-0.05, 0) is 40.0 Å². The summed E-state index contributed by atoms with van der Waals surface area (Å²) in [4.78, 5) is 27.9. The number of fused-ring (bicyclic) bond motifs is 2. The van der Waals surface area contributed by atoms with Gasteiger partial charge in [-0.3, -0.25) is 9.59 Å². The monoisotopic (exact) mass is 354 g/mol. The number of carbonyl (C=O) groups is 1. The molecule has 108 valence electrons. The zero-order valence-electron chi connectivity index (χ0n) is 11.7. The molecule has 2 aromatic carbocycles. The van der Waals surface area contributed by atoms with Crippen LogP contribution >= 0.6 is 15.9 Å². The maximum Gasteiger partial charge on any atom is 0.272 e. The molecular formula is C17H11BrN2O2. The summed E-state index contributed by atoms with van der Waals surface area (Å²) in [5.41, 5.74) is 9.90. The highest BCUT2D eigenvalue weighted by Crippen LogP contribution is 2.43. The zero-order valence-corrected chi connectivity index (χ0v) is 13.2. The molecule has 1 aliphatic carbocycles. The van der Waals surface area contributed by atoms with E-state index in [1.165, 1.54) is 0 Å². The van der Waals surface area contributed by atoms with Crippen LogP contribution < -0.4 is 11.3 Å². The Morgan fingerprint density at radius 3 is 2.50 bits per heavy atom. The first kappa shape index (κ1) is 13.3. The maximum absolute atomic E-state index is 12.9. The first-order valence-corrected chi connectivity index (χ1v) is 7.58. The molecule has 0 saturated carbocycles. The molecule has 0 bridgehead atoms. The van der Waals surface area contributed by atoms with Gasteiger partial charge in [0.1, 0.15) is 5.69 Å². The normalized spacial score (nSPS) is 12.5. The summed E-state index contributed by atoms with van der Waals surface area (Å²) in [7, 11) is 0. The van der Waals surface area contributed by atoms with Crippen LogP contribution in [0.1, 0.15) is 21.5 Å². The van der Waals surface area contributed by atoms with Crippen molar-refractivity contribution in [3.05, 3.63) is 61.8 Å². The molecule has 0 aliphatic heterocycles. The lowest BCUT2D eigenvalue weighted by molar-refractivity contribution is 0.103. The van der Waals surface area contributed by atoms with Crippen LogP contribution in [0.3, 0.4) is 0 Å². The van der Waals surface area contributed by atoms with Crippen LogP contribution in [0.15, 0.2) is 39.6 Å². The number of halogens is 1. The number of hydrogen-bond donors (Lipinski definition) is 2. The fourth-order valence-corrected chi connectivity index (χ4v) is 3.87. The first-order chi connectivity index (χ1) is 10.5. The van der Waals surface area contributed by atoms with Crippen LogP contribution in [0.4, 0.5) is 5.69 Å². The van der Waals surface area contributed by atoms with Gasteiger partial charge < -0.3 is 10.7 Å². The average molecular weight is 355 g/mol. The molecule has 22 heavy (non-hydrogen) atoms. The van der Waals surface area contributed by atoms with Gasteiger partial charge in [-0.25, -0.2) is 0 Å². The highest BCUT2D eigenvalue weighted by atomic mass is 79.9. The molecule has 4 nitrogen and oxygen atoms in total. The average Bonchev–Trinajstić information content (AvgIpc) is 2.49. The van der Waals surface area contributed by atoms with Gasteiger partial charge >= 0.3 is 0 Å². The van der Waals surface area contributed by atoms with Crippen molar-refractivity contribution in [3.63, 3.8) is 0 Å². The number of aryl methyl sites for hydroxylation is 1. The van der Waals surface area contributed by atoms with Crippen molar-refractivity contribution in [1.29, 1.82) is 0 Å². The summed E-state index contributed by atoms with van der Waals surface area (Å²) in [6.07, 6.45) is 0. The van der Waals surface area contributed by atoms with Crippen molar-refractivity contribution in [2.45, 2.75) is 6.92 Å². The minimum absolute atomic E-state index is 0.0635. The fraction of sp³-hybridized carbons (Fsp3) is 0.0588. The summed E-state index contributed by atoms with van der Waals surface area (Å²) in [6.45, 7) is 1.89. The molecule has 5 heteroatoms. The summed E-state index contributed by atoms with van der Waals surface area (Å²) >= 11 is 3.48. The number of hydrogen-bond acceptors (Lipinski definition) is 3. The van der Waals surface area contributed by atoms with Crippen molar-refractivity contribution < 1.29 is 4.79 Å². The molecule has 3 aromatic rings. The zero-order chi connectivity index (χ0) is 15.6. The van der Waals surface area contributed by atoms with Gasteiger partial charge in [0.15, 0.2) is 5.78 Å². The van der Waals surface area contributed by atoms with E-state index in [0.717, 1.165) is 5.56 Å². The van der Waals surface area contributed by atoms with Gasteiger partial charge in [-0.15, -0.1) is 0 Å². The van der Waals surface area contributed by atoms with E-state index in [1.807, 2.05) is 31.2 Å². The van der Waals surface area contributed by atoms with Crippen LogP contribution in [-0.2, 0) is 0 Å². The maximum atomic E-state index is 12.9. The fourth-order valence-electron chi connectivity index (χ4n) is 3.15. The third-order valence-electron chi connectivity index (χ3n) is 4.15. The molecule has 0 saturated heterocycles. The molecule has 0 spiro atoms. The number of aromatic amines is 1. The molecule has 0 atom stereocenters. The lowest BCUT2D eigenvalue weighted by atomic mass is 9.83. The van der Waals surface area contributed by atoms with E-state index in [-0.39, 0.29) is 17.0 Å². The van der Waals surface area contributed by atoms with E-state index in [9.17, 15) is 9.59 Å². The number of benzene rings is 2. The number of rotatable bonds is 0. The van der Waals surface area contributed by atoms with Gasteiger partial charge in [-0.1, -0.05) is 24.3 Å². The second-order valence-electron chi connectivity index (χ2n) is 5.42. The third kappa shape index (κ3) is 1.51. The summed E-state index contributed by atoms with van der Waals surface area (Å²) in [6, 6.07) is 9.09. The number of pyridine rings is 1. The molecule has 4 rings (SSSR count). The van der Waals surface area contributed by atoms with E-state index < -0.39 is 0 Å². The Morgan fingerprint density at radius 2 is 1.77 bits per heavy atom. The number of anilines is 1. The van der Waals surface area contributed by atoms with Crippen molar-refractivity contribution in [2.75, 3.05) is 5.73 Å². The second-order valence-corrected chi connectivity index (χ2v) is 6.27. The van der Waals surface area contributed by atoms with Gasteiger partial charge in [0, 0.05) is 26.5 Å². The first-order valence-electron chi connectivity index (χ1n) is 6.79. The molecule has 1 aliphatic rings. The van der Waals surface area contributed by atoms with Crippen molar-refractivity contribution in [2.24, 2.45) is 0 Å². The summed E-state index contributed by atoms with van der Waals surface area (Å²) in [5.74, 6) is -0.0635. The van der Waals surface area contributed by atoms with E-state index in [2.05, 4.69) is 20.9 Å². The SMILES string of the molecule is Cc1cc(Br)c2c3c(c(N)c(=O)[nH]c13)-c1ccccc1C2=O. The molecule has 0 radical (unpaired) electrons. The van der Waals surface area contributed by atoms with Gasteiger partial charge in [0.25, 0.3) is 5.56 Å². The smallest absolute Gasteiger partial charge is 0.272 e. The van der Waals surface area contributed by atoms with E-state index in [4.69, 9.17) is 5.73 Å². The highest BCUT2D eigenvalue weighted by molar-refractivity contribution is 9.10. The minimum atomic E-state index is -0.331. The Kier molecular flexibility index (Phi) is 2.60. The molecule has 1 aromatic heterocycles. The van der Waals surface area contributed by atoms with E-state index >= 15 is 0 Å². The molecular weight excluding hydrogens is 344 g/mol. The predicted molar refractivity (Wildman–Crippen MR) is 90.3 cm³/mol. The number of nitrogens with one attached hydrogen (secondary N) is 1. The number of nitrogens with two attached hydrogens (primary N) is 1. The van der Waals surface area contributed by atoms with Gasteiger partial charge in [0.2, 0.25) is 0 Å². The quantitative estimate of drug-likeness (QED) is 0.508. The molecule has 3 N–H and O–H groups in total. The number of nitrogen functional groups attached to an aromatic ring is 1. The van der Waals surface area contributed by atoms with Crippen LogP contribution in [-0.4, -0.2) is 10.8 Å². The number of aromatic nitrogens is 1. The number of H-pyrrole nitrogens is 1. The Labute approximate surface area is 134 Å². The van der Waals surface area contributed by atoms with E-state index in [0.29, 0.717) is 37.6 Å². The Hall–Kier alpha value is -2.40. The Bertz CT molecular complexity index is 1050. The molecule has 0 amide bonds. The molecule has 1 heterocycles. The standard InChI is InChI=1S/C17H11BrN2O2/c1-7-6-10(18)12-13-11(14(19)17(22)20-15(7)13)8-4-2-3-5-9(8)16(12)21/h2-6H,19H2,1H3,(H,20,22). The Morgan fingerprint density at radius 1 is 1.09 bits per heavy atom. The van der Waals surface area contributed by atoms with Crippen LogP contribution in [0.2, 0.25) is 0 Å². The van der Waals surface area contributed by atoms with Gasteiger partial charge in [-0.2, -0.15) is 0 Å².